The molecule has 0 spiro atoms. The van der Waals surface area contributed by atoms with E-state index in [0.717, 1.165) is 17.2 Å². The third-order valence-corrected chi connectivity index (χ3v) is 3.36. The normalized spacial score (nSPS) is 10.1. The zero-order chi connectivity index (χ0) is 13.2. The van der Waals surface area contributed by atoms with E-state index in [9.17, 15) is 0 Å². The SMILES string of the molecule is Cc1n(-c2ccccc2)[nH]c(=S)[n+]1-c1ccccc1.[Cl-]. The second kappa shape index (κ2) is 6.03. The maximum Gasteiger partial charge on any atom is 0.328 e. The summed E-state index contributed by atoms with van der Waals surface area (Å²) in [6, 6.07) is 20.2. The van der Waals surface area contributed by atoms with Gasteiger partial charge in [-0.15, -0.1) is 9.78 Å². The molecule has 1 heterocycles. The quantitative estimate of drug-likeness (QED) is 0.528. The average molecular weight is 304 g/mol. The van der Waals surface area contributed by atoms with Crippen molar-refractivity contribution in [3.8, 4) is 11.4 Å². The van der Waals surface area contributed by atoms with Crippen LogP contribution in [0.4, 0.5) is 0 Å². The molecule has 20 heavy (non-hydrogen) atoms. The van der Waals surface area contributed by atoms with E-state index < -0.39 is 0 Å². The molecule has 0 aliphatic heterocycles. The van der Waals surface area contributed by atoms with Crippen LogP contribution in [0.3, 0.4) is 0 Å². The van der Waals surface area contributed by atoms with E-state index in [1.165, 1.54) is 0 Å². The topological polar surface area (TPSA) is 24.6 Å². The predicted molar refractivity (Wildman–Crippen MR) is 77.2 cm³/mol. The highest BCUT2D eigenvalue weighted by Crippen LogP contribution is 2.09. The number of aromatic amines is 1. The molecule has 3 aromatic rings. The predicted octanol–water partition coefficient (Wildman–Crippen LogP) is 0.124. The Morgan fingerprint density at radius 1 is 0.950 bits per heavy atom. The van der Waals surface area contributed by atoms with Gasteiger partial charge in [-0.05, 0) is 36.5 Å². The highest BCUT2D eigenvalue weighted by Gasteiger charge is 2.17. The Hall–Kier alpha value is -1.91. The lowest BCUT2D eigenvalue weighted by Gasteiger charge is -1.99. The van der Waals surface area contributed by atoms with Gasteiger partial charge in [0, 0.05) is 6.92 Å². The summed E-state index contributed by atoms with van der Waals surface area (Å²) in [4.78, 5) is 0. The van der Waals surface area contributed by atoms with Crippen molar-refractivity contribution in [2.24, 2.45) is 0 Å². The van der Waals surface area contributed by atoms with Gasteiger partial charge in [-0.2, -0.15) is 4.57 Å². The van der Waals surface area contributed by atoms with Gasteiger partial charge in [0.05, 0.1) is 0 Å². The van der Waals surface area contributed by atoms with E-state index >= 15 is 0 Å². The molecule has 2 aromatic carbocycles. The summed E-state index contributed by atoms with van der Waals surface area (Å²) in [6.45, 7) is 2.05. The average Bonchev–Trinajstić information content (AvgIpc) is 2.76. The maximum atomic E-state index is 5.43. The molecule has 0 unspecified atom stereocenters. The van der Waals surface area contributed by atoms with Crippen LogP contribution in [0.5, 0.6) is 0 Å². The first-order chi connectivity index (χ1) is 9.27. The molecule has 3 rings (SSSR count). The fourth-order valence-electron chi connectivity index (χ4n) is 2.18. The Morgan fingerprint density at radius 3 is 2.10 bits per heavy atom. The molecular formula is C15H14ClN3S. The Balaban J connectivity index is 0.00000147. The van der Waals surface area contributed by atoms with E-state index in [0.29, 0.717) is 4.77 Å². The summed E-state index contributed by atoms with van der Waals surface area (Å²) < 4.78 is 4.71. The number of halogens is 1. The molecule has 1 N–H and O–H groups in total. The van der Waals surface area contributed by atoms with Crippen molar-refractivity contribution in [2.45, 2.75) is 6.92 Å². The van der Waals surface area contributed by atoms with Gasteiger partial charge in [0.15, 0.2) is 0 Å². The minimum Gasteiger partial charge on any atom is -1.00 e. The zero-order valence-corrected chi connectivity index (χ0v) is 12.5. The number of hydrogen-bond donors (Lipinski definition) is 1. The Bertz CT molecular complexity index is 748. The monoisotopic (exact) mass is 303 g/mol. The highest BCUT2D eigenvalue weighted by molar-refractivity contribution is 7.71. The second-order valence-corrected chi connectivity index (χ2v) is 4.69. The van der Waals surface area contributed by atoms with Crippen molar-refractivity contribution in [2.75, 3.05) is 0 Å². The van der Waals surface area contributed by atoms with Gasteiger partial charge in [-0.1, -0.05) is 36.4 Å². The minimum atomic E-state index is 0. The number of aromatic nitrogens is 3. The van der Waals surface area contributed by atoms with Gasteiger partial charge in [0.25, 0.3) is 0 Å². The summed E-state index contributed by atoms with van der Waals surface area (Å²) >= 11 is 5.43. The molecule has 0 aliphatic carbocycles. The lowest BCUT2D eigenvalue weighted by Crippen LogP contribution is -3.00. The van der Waals surface area contributed by atoms with Crippen molar-refractivity contribution >= 4 is 12.2 Å². The molecule has 0 aliphatic rings. The van der Waals surface area contributed by atoms with Crippen molar-refractivity contribution in [3.05, 3.63) is 71.3 Å². The molecule has 0 radical (unpaired) electrons. The molecule has 0 fully saturated rings. The lowest BCUT2D eigenvalue weighted by molar-refractivity contribution is -0.610. The molecule has 5 heteroatoms. The fourth-order valence-corrected chi connectivity index (χ4v) is 2.51. The first kappa shape index (κ1) is 14.5. The van der Waals surface area contributed by atoms with Crippen LogP contribution in [0.25, 0.3) is 11.4 Å². The molecule has 0 saturated carbocycles. The van der Waals surface area contributed by atoms with Crippen molar-refractivity contribution in [1.29, 1.82) is 0 Å². The van der Waals surface area contributed by atoms with E-state index in [1.54, 1.807) is 0 Å². The van der Waals surface area contributed by atoms with Crippen molar-refractivity contribution in [1.82, 2.24) is 9.78 Å². The summed E-state index contributed by atoms with van der Waals surface area (Å²) in [7, 11) is 0. The number of benzene rings is 2. The highest BCUT2D eigenvalue weighted by atomic mass is 35.5. The fraction of sp³-hybridized carbons (Fsp3) is 0.0667. The summed E-state index contributed by atoms with van der Waals surface area (Å²) in [5.74, 6) is 1.04. The Labute approximate surface area is 128 Å². The van der Waals surface area contributed by atoms with E-state index in [2.05, 4.69) is 5.10 Å². The summed E-state index contributed by atoms with van der Waals surface area (Å²) in [6.07, 6.45) is 0. The van der Waals surface area contributed by atoms with Gasteiger partial charge < -0.3 is 12.4 Å². The number of hydrogen-bond acceptors (Lipinski definition) is 1. The first-order valence-electron chi connectivity index (χ1n) is 6.12. The summed E-state index contributed by atoms with van der Waals surface area (Å²) in [5.41, 5.74) is 2.14. The first-order valence-corrected chi connectivity index (χ1v) is 6.53. The molecule has 0 saturated heterocycles. The molecule has 0 atom stereocenters. The standard InChI is InChI=1S/C15H13N3S.ClH/c1-12-17(13-8-4-2-5-9-13)15(19)16-18(12)14-10-6-3-7-11-14;/h2-11H,1H3;1H. The number of nitrogens with one attached hydrogen (secondary N) is 1. The Morgan fingerprint density at radius 2 is 1.50 bits per heavy atom. The third kappa shape index (κ3) is 2.53. The second-order valence-electron chi connectivity index (χ2n) is 4.31. The number of H-pyrrole nitrogens is 1. The van der Waals surface area contributed by atoms with Gasteiger partial charge in [-0.3, -0.25) is 0 Å². The number of para-hydroxylation sites is 2. The van der Waals surface area contributed by atoms with Gasteiger partial charge in [0.1, 0.15) is 11.4 Å². The molecular weight excluding hydrogens is 290 g/mol. The smallest absolute Gasteiger partial charge is 0.328 e. The number of rotatable bonds is 2. The summed E-state index contributed by atoms with van der Waals surface area (Å²) in [5, 5.41) is 3.22. The van der Waals surface area contributed by atoms with Crippen LogP contribution < -0.4 is 17.0 Å². The lowest BCUT2D eigenvalue weighted by atomic mass is 10.3. The molecule has 0 amide bonds. The van der Waals surface area contributed by atoms with Crippen LogP contribution in [0.1, 0.15) is 5.82 Å². The van der Waals surface area contributed by atoms with Crippen LogP contribution in [0, 0.1) is 11.7 Å². The largest absolute Gasteiger partial charge is 1.00 e. The van der Waals surface area contributed by atoms with Crippen LogP contribution in [0.15, 0.2) is 60.7 Å². The molecule has 3 nitrogen and oxygen atoms in total. The van der Waals surface area contributed by atoms with Gasteiger partial charge in [-0.25, -0.2) is 0 Å². The Kier molecular flexibility index (Phi) is 4.37. The van der Waals surface area contributed by atoms with E-state index in [1.807, 2.05) is 76.8 Å². The van der Waals surface area contributed by atoms with E-state index in [4.69, 9.17) is 12.2 Å². The van der Waals surface area contributed by atoms with Crippen LogP contribution in [-0.4, -0.2) is 9.78 Å². The molecule has 102 valence electrons. The minimum absolute atomic E-state index is 0. The van der Waals surface area contributed by atoms with Gasteiger partial charge >= 0.3 is 4.77 Å². The maximum absolute atomic E-state index is 5.43. The van der Waals surface area contributed by atoms with Crippen molar-refractivity contribution < 1.29 is 17.0 Å². The number of nitrogens with zero attached hydrogens (tertiary/aromatic N) is 2. The van der Waals surface area contributed by atoms with Gasteiger partial charge in [0.2, 0.25) is 5.82 Å². The van der Waals surface area contributed by atoms with Crippen LogP contribution in [0.2, 0.25) is 0 Å². The molecule has 1 aromatic heterocycles. The molecule has 0 bridgehead atoms. The van der Waals surface area contributed by atoms with Crippen LogP contribution in [-0.2, 0) is 0 Å². The van der Waals surface area contributed by atoms with E-state index in [-0.39, 0.29) is 12.4 Å². The van der Waals surface area contributed by atoms with Crippen molar-refractivity contribution in [3.63, 3.8) is 0 Å². The van der Waals surface area contributed by atoms with Crippen LogP contribution >= 0.6 is 12.2 Å². The zero-order valence-electron chi connectivity index (χ0n) is 11.0. The third-order valence-electron chi connectivity index (χ3n) is 3.09.